The van der Waals surface area contributed by atoms with Crippen LogP contribution in [0.15, 0.2) is 30.3 Å². The quantitative estimate of drug-likeness (QED) is 0.751. The van der Waals surface area contributed by atoms with Crippen LogP contribution in [0.2, 0.25) is 0 Å². The van der Waals surface area contributed by atoms with Gasteiger partial charge in [-0.05, 0) is 45.1 Å². The molecule has 1 aliphatic carbocycles. The maximum Gasteiger partial charge on any atom is 0.410 e. The molecule has 0 radical (unpaired) electrons. The Morgan fingerprint density at radius 3 is 2.32 bits per heavy atom. The Morgan fingerprint density at radius 1 is 1.16 bits per heavy atom. The fourth-order valence-electron chi connectivity index (χ4n) is 3.20. The third-order valence-electron chi connectivity index (χ3n) is 4.41. The molecule has 0 bridgehead atoms. The van der Waals surface area contributed by atoms with Crippen LogP contribution in [0, 0.1) is 5.92 Å². The topological polar surface area (TPSA) is 55.8 Å². The third kappa shape index (κ3) is 5.76. The van der Waals surface area contributed by atoms with Gasteiger partial charge in [-0.15, -0.1) is 0 Å². The van der Waals surface area contributed by atoms with Gasteiger partial charge in [0.05, 0.1) is 0 Å². The van der Waals surface area contributed by atoms with Crippen molar-refractivity contribution in [3.05, 3.63) is 35.9 Å². The Morgan fingerprint density at radius 2 is 1.76 bits per heavy atom. The molecule has 1 fully saturated rings. The summed E-state index contributed by atoms with van der Waals surface area (Å²) < 4.78 is 10.9. The predicted molar refractivity (Wildman–Crippen MR) is 96.0 cm³/mol. The Kier molecular flexibility index (Phi) is 6.45. The van der Waals surface area contributed by atoms with Gasteiger partial charge in [0.2, 0.25) is 0 Å². The van der Waals surface area contributed by atoms with E-state index in [9.17, 15) is 9.59 Å². The van der Waals surface area contributed by atoms with E-state index in [0.29, 0.717) is 0 Å². The first kappa shape index (κ1) is 19.3. The first-order chi connectivity index (χ1) is 11.8. The number of likely N-dealkylation sites (N-methyl/N-ethyl adjacent to an activating group) is 1. The molecule has 0 N–H and O–H groups in total. The van der Waals surface area contributed by atoms with Crippen LogP contribution < -0.4 is 0 Å². The number of carbonyl (C=O) groups is 2. The van der Waals surface area contributed by atoms with Crippen LogP contribution in [0.3, 0.4) is 0 Å². The molecule has 0 unspecified atom stereocenters. The molecule has 0 saturated heterocycles. The van der Waals surface area contributed by atoms with Gasteiger partial charge in [0.25, 0.3) is 0 Å². The van der Waals surface area contributed by atoms with Crippen LogP contribution in [0.1, 0.15) is 52.0 Å². The Labute approximate surface area is 150 Å². The number of nitrogens with zero attached hydrogens (tertiary/aromatic N) is 1. The van der Waals surface area contributed by atoms with E-state index >= 15 is 0 Å². The fourth-order valence-corrected chi connectivity index (χ4v) is 3.20. The highest BCUT2D eigenvalue weighted by Gasteiger charge is 2.38. The SMILES string of the molecule is CN(C(=O)OC(C)(C)C)[C@H](C(=O)OCc1ccccc1)C1CCCC1. The summed E-state index contributed by atoms with van der Waals surface area (Å²) in [5, 5.41) is 0. The second-order valence-electron chi connectivity index (χ2n) is 7.67. The molecule has 5 nitrogen and oxygen atoms in total. The molecular weight excluding hydrogens is 318 g/mol. The fraction of sp³-hybridized carbons (Fsp3) is 0.600. The summed E-state index contributed by atoms with van der Waals surface area (Å²) in [6, 6.07) is 8.96. The molecule has 0 aliphatic heterocycles. The van der Waals surface area contributed by atoms with E-state index in [1.54, 1.807) is 7.05 Å². The van der Waals surface area contributed by atoms with E-state index in [0.717, 1.165) is 31.2 Å². The van der Waals surface area contributed by atoms with Gasteiger partial charge in [0.15, 0.2) is 0 Å². The molecule has 1 amide bonds. The number of amides is 1. The molecule has 138 valence electrons. The minimum absolute atomic E-state index is 0.126. The Bertz CT molecular complexity index is 573. The molecule has 1 saturated carbocycles. The number of ether oxygens (including phenoxy) is 2. The maximum absolute atomic E-state index is 12.7. The first-order valence-electron chi connectivity index (χ1n) is 8.94. The highest BCUT2D eigenvalue weighted by molar-refractivity contribution is 5.81. The van der Waals surface area contributed by atoms with Crippen molar-refractivity contribution in [2.45, 2.75) is 64.7 Å². The van der Waals surface area contributed by atoms with Crippen molar-refractivity contribution in [2.24, 2.45) is 5.92 Å². The van der Waals surface area contributed by atoms with Gasteiger partial charge >= 0.3 is 12.1 Å². The molecule has 2 rings (SSSR count). The monoisotopic (exact) mass is 347 g/mol. The second kappa shape index (κ2) is 8.37. The molecule has 0 spiro atoms. The van der Waals surface area contributed by atoms with E-state index in [1.807, 2.05) is 51.1 Å². The van der Waals surface area contributed by atoms with Gasteiger partial charge in [-0.2, -0.15) is 0 Å². The van der Waals surface area contributed by atoms with Crippen molar-refractivity contribution in [3.8, 4) is 0 Å². The van der Waals surface area contributed by atoms with Crippen molar-refractivity contribution in [1.29, 1.82) is 0 Å². The van der Waals surface area contributed by atoms with Crippen LogP contribution in [-0.2, 0) is 20.9 Å². The number of hydrogen-bond acceptors (Lipinski definition) is 4. The van der Waals surface area contributed by atoms with Gasteiger partial charge in [-0.3, -0.25) is 4.90 Å². The minimum atomic E-state index is -0.598. The van der Waals surface area contributed by atoms with E-state index in [4.69, 9.17) is 9.47 Å². The normalized spacial score (nSPS) is 16.3. The number of rotatable bonds is 5. The Balaban J connectivity index is 2.06. The predicted octanol–water partition coefficient (Wildman–Crippen LogP) is 4.16. The van der Waals surface area contributed by atoms with Crippen LogP contribution in [-0.4, -0.2) is 35.7 Å². The van der Waals surface area contributed by atoms with Crippen LogP contribution in [0.4, 0.5) is 4.79 Å². The highest BCUT2D eigenvalue weighted by atomic mass is 16.6. The summed E-state index contributed by atoms with van der Waals surface area (Å²) in [5.74, 6) is -0.232. The summed E-state index contributed by atoms with van der Waals surface area (Å²) in [5.41, 5.74) is 0.334. The smallest absolute Gasteiger partial charge is 0.410 e. The van der Waals surface area contributed by atoms with Gasteiger partial charge in [-0.25, -0.2) is 9.59 Å². The van der Waals surface area contributed by atoms with E-state index in [2.05, 4.69) is 0 Å². The molecular formula is C20H29NO4. The van der Waals surface area contributed by atoms with Crippen molar-refractivity contribution < 1.29 is 19.1 Å². The van der Waals surface area contributed by atoms with E-state index in [1.165, 1.54) is 4.90 Å². The van der Waals surface area contributed by atoms with Crippen LogP contribution in [0.25, 0.3) is 0 Å². The summed E-state index contributed by atoms with van der Waals surface area (Å²) >= 11 is 0. The van der Waals surface area contributed by atoms with E-state index < -0.39 is 17.7 Å². The first-order valence-corrected chi connectivity index (χ1v) is 8.94. The average molecular weight is 347 g/mol. The van der Waals surface area contributed by atoms with E-state index in [-0.39, 0.29) is 18.5 Å². The van der Waals surface area contributed by atoms with Crippen molar-refractivity contribution in [3.63, 3.8) is 0 Å². The molecule has 5 heteroatoms. The van der Waals surface area contributed by atoms with Crippen molar-refractivity contribution >= 4 is 12.1 Å². The lowest BCUT2D eigenvalue weighted by molar-refractivity contribution is -0.152. The zero-order chi connectivity index (χ0) is 18.4. The van der Waals surface area contributed by atoms with Gasteiger partial charge in [0.1, 0.15) is 18.2 Å². The van der Waals surface area contributed by atoms with Gasteiger partial charge in [-0.1, -0.05) is 43.2 Å². The second-order valence-corrected chi connectivity index (χ2v) is 7.67. The molecule has 1 atom stereocenters. The summed E-state index contributed by atoms with van der Waals surface area (Å²) in [6.45, 7) is 5.66. The molecule has 1 aromatic carbocycles. The number of carbonyl (C=O) groups excluding carboxylic acids is 2. The number of hydrogen-bond donors (Lipinski definition) is 0. The molecule has 1 aliphatic rings. The molecule has 0 aromatic heterocycles. The standard InChI is InChI=1S/C20H29NO4/c1-20(2,3)25-19(23)21(4)17(16-12-8-9-13-16)18(22)24-14-15-10-6-5-7-11-15/h5-7,10-11,16-17H,8-9,12-14H2,1-4H3/t17-/m0/s1. The highest BCUT2D eigenvalue weighted by Crippen LogP contribution is 2.31. The number of benzene rings is 1. The summed E-state index contributed by atoms with van der Waals surface area (Å²) in [6.07, 6.45) is 3.53. The van der Waals surface area contributed by atoms with Crippen molar-refractivity contribution in [2.75, 3.05) is 7.05 Å². The average Bonchev–Trinajstić information content (AvgIpc) is 3.06. The van der Waals surface area contributed by atoms with Crippen molar-refractivity contribution in [1.82, 2.24) is 4.90 Å². The minimum Gasteiger partial charge on any atom is -0.459 e. The van der Waals surface area contributed by atoms with Gasteiger partial charge in [0, 0.05) is 7.05 Å². The molecule has 25 heavy (non-hydrogen) atoms. The maximum atomic E-state index is 12.7. The zero-order valence-electron chi connectivity index (χ0n) is 15.7. The summed E-state index contributed by atoms with van der Waals surface area (Å²) in [7, 11) is 1.63. The Hall–Kier alpha value is -2.04. The van der Waals surface area contributed by atoms with Crippen LogP contribution in [0.5, 0.6) is 0 Å². The zero-order valence-corrected chi connectivity index (χ0v) is 15.7. The lowest BCUT2D eigenvalue weighted by atomic mass is 9.97. The molecule has 0 heterocycles. The molecule has 1 aromatic rings. The summed E-state index contributed by atoms with van der Waals surface area (Å²) in [4.78, 5) is 26.6. The largest absolute Gasteiger partial charge is 0.459 e. The third-order valence-corrected chi connectivity index (χ3v) is 4.41. The number of esters is 1. The lowest BCUT2D eigenvalue weighted by Gasteiger charge is -2.32. The van der Waals surface area contributed by atoms with Crippen LogP contribution >= 0.6 is 0 Å². The van der Waals surface area contributed by atoms with Gasteiger partial charge < -0.3 is 9.47 Å². The lowest BCUT2D eigenvalue weighted by Crippen LogP contribution is -2.49.